The van der Waals surface area contributed by atoms with Crippen LogP contribution in [0.2, 0.25) is 5.28 Å². The van der Waals surface area contributed by atoms with E-state index in [2.05, 4.69) is 46.4 Å². The van der Waals surface area contributed by atoms with Crippen LogP contribution in [0.5, 0.6) is 0 Å². The van der Waals surface area contributed by atoms with Gasteiger partial charge in [-0.05, 0) is 33.1 Å². The SMILES string of the molecule is Clc1nc(-c2cccc3ccccc23)nc(-c2cccc3ccccc23)n1. The number of rotatable bonds is 2. The quantitative estimate of drug-likeness (QED) is 0.374. The van der Waals surface area contributed by atoms with E-state index in [1.165, 1.54) is 0 Å². The fourth-order valence-corrected chi connectivity index (χ4v) is 3.59. The molecule has 5 rings (SSSR count). The summed E-state index contributed by atoms with van der Waals surface area (Å²) in [5.74, 6) is 1.16. The third kappa shape index (κ3) is 2.82. The predicted octanol–water partition coefficient (Wildman–Crippen LogP) is 6.17. The van der Waals surface area contributed by atoms with Crippen LogP contribution < -0.4 is 0 Å². The van der Waals surface area contributed by atoms with Gasteiger partial charge in [0.05, 0.1) is 0 Å². The van der Waals surface area contributed by atoms with Crippen molar-refractivity contribution in [3.05, 3.63) is 90.2 Å². The lowest BCUT2D eigenvalue weighted by Crippen LogP contribution is -1.98. The smallest absolute Gasteiger partial charge is 0.208 e. The molecule has 0 aliphatic carbocycles. The summed E-state index contributed by atoms with van der Waals surface area (Å²) in [5, 5.41) is 4.64. The number of aromatic nitrogens is 3. The molecular formula is C23H14ClN3. The molecule has 0 bridgehead atoms. The first kappa shape index (κ1) is 15.9. The molecule has 0 radical (unpaired) electrons. The standard InChI is InChI=1S/C23H14ClN3/c24-23-26-21(19-13-5-9-15-7-1-3-11-17(15)19)25-22(27-23)20-14-6-10-16-8-2-4-12-18(16)20/h1-14H. The Hall–Kier alpha value is -3.30. The molecule has 3 nitrogen and oxygen atoms in total. The van der Waals surface area contributed by atoms with E-state index in [1.54, 1.807) is 0 Å². The molecule has 27 heavy (non-hydrogen) atoms. The van der Waals surface area contributed by atoms with Crippen LogP contribution in [0.4, 0.5) is 0 Å². The summed E-state index contributed by atoms with van der Waals surface area (Å²) in [5.41, 5.74) is 1.89. The Bertz CT molecular complexity index is 1190. The molecule has 0 saturated carbocycles. The molecular weight excluding hydrogens is 354 g/mol. The van der Waals surface area contributed by atoms with Gasteiger partial charge in [0.15, 0.2) is 11.6 Å². The van der Waals surface area contributed by atoms with Gasteiger partial charge in [-0.2, -0.15) is 9.97 Å². The van der Waals surface area contributed by atoms with Gasteiger partial charge in [0.25, 0.3) is 0 Å². The minimum atomic E-state index is 0.191. The molecule has 0 amide bonds. The van der Waals surface area contributed by atoms with Gasteiger partial charge in [0, 0.05) is 11.1 Å². The largest absolute Gasteiger partial charge is 0.226 e. The number of nitrogens with zero attached hydrogens (tertiary/aromatic N) is 3. The number of halogens is 1. The molecule has 0 saturated heterocycles. The Morgan fingerprint density at radius 3 is 1.44 bits per heavy atom. The topological polar surface area (TPSA) is 38.7 Å². The number of hydrogen-bond donors (Lipinski definition) is 0. The molecule has 5 aromatic rings. The molecule has 0 unspecified atom stereocenters. The van der Waals surface area contributed by atoms with Crippen molar-refractivity contribution in [1.82, 2.24) is 15.0 Å². The van der Waals surface area contributed by atoms with E-state index in [1.807, 2.05) is 48.5 Å². The lowest BCUT2D eigenvalue weighted by Gasteiger charge is -2.09. The van der Waals surface area contributed by atoms with E-state index >= 15 is 0 Å². The molecule has 0 aliphatic rings. The highest BCUT2D eigenvalue weighted by Crippen LogP contribution is 2.30. The Morgan fingerprint density at radius 1 is 0.481 bits per heavy atom. The second kappa shape index (κ2) is 6.45. The predicted molar refractivity (Wildman–Crippen MR) is 111 cm³/mol. The van der Waals surface area contributed by atoms with Crippen LogP contribution in [-0.4, -0.2) is 15.0 Å². The maximum Gasteiger partial charge on any atom is 0.226 e. The molecule has 0 fully saturated rings. The fourth-order valence-electron chi connectivity index (χ4n) is 3.43. The molecule has 1 aromatic heterocycles. The van der Waals surface area contributed by atoms with Crippen LogP contribution in [0.25, 0.3) is 44.3 Å². The number of benzene rings is 4. The highest BCUT2D eigenvalue weighted by Gasteiger charge is 2.13. The van der Waals surface area contributed by atoms with Crippen LogP contribution in [0.3, 0.4) is 0 Å². The lowest BCUT2D eigenvalue weighted by atomic mass is 10.0. The fraction of sp³-hybridized carbons (Fsp3) is 0. The Kier molecular flexibility index (Phi) is 3.80. The Balaban J connectivity index is 1.76. The van der Waals surface area contributed by atoms with Gasteiger partial charge < -0.3 is 0 Å². The van der Waals surface area contributed by atoms with Crippen LogP contribution >= 0.6 is 11.6 Å². The molecule has 4 heteroatoms. The minimum absolute atomic E-state index is 0.191. The van der Waals surface area contributed by atoms with Crippen LogP contribution in [0, 0.1) is 0 Å². The van der Waals surface area contributed by atoms with E-state index in [9.17, 15) is 0 Å². The summed E-state index contributed by atoms with van der Waals surface area (Å²) in [7, 11) is 0. The third-order valence-electron chi connectivity index (χ3n) is 4.67. The normalized spacial score (nSPS) is 11.1. The Morgan fingerprint density at radius 2 is 0.926 bits per heavy atom. The zero-order chi connectivity index (χ0) is 18.2. The van der Waals surface area contributed by atoms with Crippen LogP contribution in [0.15, 0.2) is 84.9 Å². The number of fused-ring (bicyclic) bond motifs is 2. The summed E-state index contributed by atoms with van der Waals surface area (Å²) in [6.07, 6.45) is 0. The first-order valence-electron chi connectivity index (χ1n) is 8.67. The first-order chi connectivity index (χ1) is 13.3. The molecule has 0 atom stereocenters. The van der Waals surface area contributed by atoms with Gasteiger partial charge in [-0.15, -0.1) is 0 Å². The second-order valence-corrected chi connectivity index (χ2v) is 6.64. The van der Waals surface area contributed by atoms with Crippen molar-refractivity contribution in [2.75, 3.05) is 0 Å². The summed E-state index contributed by atoms with van der Waals surface area (Å²) in [6, 6.07) is 28.6. The highest BCUT2D eigenvalue weighted by molar-refractivity contribution is 6.28. The first-order valence-corrected chi connectivity index (χ1v) is 9.05. The van der Waals surface area contributed by atoms with Crippen molar-refractivity contribution in [3.8, 4) is 22.8 Å². The van der Waals surface area contributed by atoms with E-state index in [0.29, 0.717) is 11.6 Å². The zero-order valence-electron chi connectivity index (χ0n) is 14.3. The maximum absolute atomic E-state index is 6.29. The molecule has 0 aliphatic heterocycles. The summed E-state index contributed by atoms with van der Waals surface area (Å²) < 4.78 is 0. The van der Waals surface area contributed by atoms with E-state index in [0.717, 1.165) is 32.7 Å². The zero-order valence-corrected chi connectivity index (χ0v) is 15.1. The highest BCUT2D eigenvalue weighted by atomic mass is 35.5. The number of hydrogen-bond acceptors (Lipinski definition) is 3. The van der Waals surface area contributed by atoms with Gasteiger partial charge in [-0.1, -0.05) is 84.9 Å². The molecule has 128 valence electrons. The average Bonchev–Trinajstić information content (AvgIpc) is 2.72. The third-order valence-corrected chi connectivity index (χ3v) is 4.84. The maximum atomic E-state index is 6.29. The van der Waals surface area contributed by atoms with Crippen LogP contribution in [0.1, 0.15) is 0 Å². The van der Waals surface area contributed by atoms with Crippen molar-refractivity contribution < 1.29 is 0 Å². The van der Waals surface area contributed by atoms with E-state index < -0.39 is 0 Å². The molecule has 1 heterocycles. The van der Waals surface area contributed by atoms with Gasteiger partial charge >= 0.3 is 0 Å². The molecule has 4 aromatic carbocycles. The van der Waals surface area contributed by atoms with Crippen molar-refractivity contribution in [2.45, 2.75) is 0 Å². The lowest BCUT2D eigenvalue weighted by molar-refractivity contribution is 1.07. The van der Waals surface area contributed by atoms with E-state index in [4.69, 9.17) is 16.6 Å². The van der Waals surface area contributed by atoms with Gasteiger partial charge in [0.2, 0.25) is 5.28 Å². The van der Waals surface area contributed by atoms with Crippen molar-refractivity contribution in [3.63, 3.8) is 0 Å². The van der Waals surface area contributed by atoms with Crippen molar-refractivity contribution >= 4 is 33.1 Å². The van der Waals surface area contributed by atoms with Gasteiger partial charge in [-0.3, -0.25) is 0 Å². The average molecular weight is 368 g/mol. The molecule has 0 spiro atoms. The Labute approximate surface area is 161 Å². The monoisotopic (exact) mass is 367 g/mol. The summed E-state index contributed by atoms with van der Waals surface area (Å²) in [6.45, 7) is 0. The van der Waals surface area contributed by atoms with E-state index in [-0.39, 0.29) is 5.28 Å². The van der Waals surface area contributed by atoms with Crippen LogP contribution in [-0.2, 0) is 0 Å². The second-order valence-electron chi connectivity index (χ2n) is 6.31. The summed E-state index contributed by atoms with van der Waals surface area (Å²) in [4.78, 5) is 13.6. The van der Waals surface area contributed by atoms with Gasteiger partial charge in [0.1, 0.15) is 0 Å². The van der Waals surface area contributed by atoms with Crippen molar-refractivity contribution in [1.29, 1.82) is 0 Å². The summed E-state index contributed by atoms with van der Waals surface area (Å²) >= 11 is 6.29. The minimum Gasteiger partial charge on any atom is -0.208 e. The molecule has 0 N–H and O–H groups in total. The van der Waals surface area contributed by atoms with Gasteiger partial charge in [-0.25, -0.2) is 4.98 Å². The van der Waals surface area contributed by atoms with Crippen molar-refractivity contribution in [2.24, 2.45) is 0 Å².